The number of benzene rings is 1. The van der Waals surface area contributed by atoms with Crippen molar-refractivity contribution in [1.82, 2.24) is 10.3 Å². The second-order valence-electron chi connectivity index (χ2n) is 5.95. The lowest BCUT2D eigenvalue weighted by Crippen LogP contribution is -2.55. The van der Waals surface area contributed by atoms with Gasteiger partial charge < -0.3 is 4.74 Å². The van der Waals surface area contributed by atoms with Crippen LogP contribution in [-0.2, 0) is 6.42 Å². The van der Waals surface area contributed by atoms with Gasteiger partial charge in [-0.3, -0.25) is 16.2 Å². The van der Waals surface area contributed by atoms with Crippen molar-refractivity contribution >= 4 is 0 Å². The maximum absolute atomic E-state index is 5.95. The van der Waals surface area contributed by atoms with Crippen molar-refractivity contribution in [3.05, 3.63) is 29.3 Å². The molecule has 0 aliphatic carbocycles. The molecule has 21 heavy (non-hydrogen) atoms. The lowest BCUT2D eigenvalue weighted by molar-refractivity contribution is 0.0698. The van der Waals surface area contributed by atoms with Crippen LogP contribution in [0.25, 0.3) is 0 Å². The first-order chi connectivity index (χ1) is 10.1. The average Bonchev–Trinajstić information content (AvgIpc) is 2.96. The fourth-order valence-corrected chi connectivity index (χ4v) is 3.58. The quantitative estimate of drug-likeness (QED) is 0.599. The summed E-state index contributed by atoms with van der Waals surface area (Å²) in [4.78, 5) is 2.49. The highest BCUT2D eigenvalue weighted by Gasteiger charge is 2.37. The van der Waals surface area contributed by atoms with E-state index in [0.717, 1.165) is 38.3 Å². The van der Waals surface area contributed by atoms with Crippen LogP contribution in [0.3, 0.4) is 0 Å². The van der Waals surface area contributed by atoms with Gasteiger partial charge in [-0.1, -0.05) is 32.9 Å². The smallest absolute Gasteiger partial charge is 0.122 e. The number of nitrogens with zero attached hydrogens (tertiary/aromatic N) is 1. The van der Waals surface area contributed by atoms with Gasteiger partial charge >= 0.3 is 0 Å². The minimum Gasteiger partial charge on any atom is -0.493 e. The van der Waals surface area contributed by atoms with E-state index < -0.39 is 0 Å². The van der Waals surface area contributed by atoms with Gasteiger partial charge in [-0.05, 0) is 43.6 Å². The molecular formula is C17H29N3O. The second-order valence-corrected chi connectivity index (χ2v) is 5.95. The van der Waals surface area contributed by atoms with Crippen molar-refractivity contribution in [2.45, 2.75) is 52.1 Å². The molecule has 1 aliphatic rings. The fraction of sp³-hybridized carbons (Fsp3) is 0.647. The van der Waals surface area contributed by atoms with Gasteiger partial charge in [0.25, 0.3) is 0 Å². The predicted molar refractivity (Wildman–Crippen MR) is 87.3 cm³/mol. The Hall–Kier alpha value is -1.10. The number of fused-ring (bicyclic) bond motifs is 1. The van der Waals surface area contributed by atoms with E-state index in [1.54, 1.807) is 0 Å². The molecule has 0 saturated carbocycles. The normalized spacial score (nSPS) is 18.2. The molecular weight excluding hydrogens is 262 g/mol. The van der Waals surface area contributed by atoms with E-state index in [9.17, 15) is 0 Å². The van der Waals surface area contributed by atoms with E-state index in [1.807, 2.05) is 0 Å². The molecule has 118 valence electrons. The van der Waals surface area contributed by atoms with Gasteiger partial charge in [0.15, 0.2) is 0 Å². The highest BCUT2D eigenvalue weighted by atomic mass is 16.5. The van der Waals surface area contributed by atoms with E-state index in [4.69, 9.17) is 10.6 Å². The number of hydrogen-bond donors (Lipinski definition) is 2. The molecule has 0 fully saturated rings. The number of hydrogen-bond acceptors (Lipinski definition) is 4. The van der Waals surface area contributed by atoms with Crippen molar-refractivity contribution in [3.63, 3.8) is 0 Å². The van der Waals surface area contributed by atoms with Crippen LogP contribution in [0.1, 0.15) is 51.3 Å². The summed E-state index contributed by atoms with van der Waals surface area (Å²) in [6.07, 6.45) is 2.03. The van der Waals surface area contributed by atoms with Crippen LogP contribution in [0.4, 0.5) is 0 Å². The Morgan fingerprint density at radius 2 is 2.05 bits per heavy atom. The molecule has 1 aromatic rings. The summed E-state index contributed by atoms with van der Waals surface area (Å²) < 4.78 is 5.61. The molecule has 1 aromatic carbocycles. The summed E-state index contributed by atoms with van der Waals surface area (Å²) in [5, 5.41) is 0. The molecule has 0 aromatic heterocycles. The Morgan fingerprint density at radius 1 is 1.33 bits per heavy atom. The molecule has 2 unspecified atom stereocenters. The third-order valence-electron chi connectivity index (χ3n) is 5.04. The van der Waals surface area contributed by atoms with E-state index in [0.29, 0.717) is 0 Å². The molecule has 0 amide bonds. The molecule has 0 spiro atoms. The Kier molecular flexibility index (Phi) is 5.25. The highest BCUT2D eigenvalue weighted by Crippen LogP contribution is 2.36. The molecule has 1 aliphatic heterocycles. The van der Waals surface area contributed by atoms with Crippen LogP contribution in [-0.4, -0.2) is 30.1 Å². The van der Waals surface area contributed by atoms with Crippen LogP contribution in [0, 0.1) is 0 Å². The van der Waals surface area contributed by atoms with Crippen LogP contribution in [0.2, 0.25) is 0 Å². The predicted octanol–water partition coefficient (Wildman–Crippen LogP) is 2.64. The maximum Gasteiger partial charge on any atom is 0.122 e. The minimum atomic E-state index is -0.00799. The molecule has 2 atom stereocenters. The average molecular weight is 291 g/mol. The van der Waals surface area contributed by atoms with Gasteiger partial charge in [-0.15, -0.1) is 0 Å². The Labute approximate surface area is 128 Å². The van der Waals surface area contributed by atoms with Gasteiger partial charge in [0.1, 0.15) is 5.75 Å². The summed E-state index contributed by atoms with van der Waals surface area (Å²) in [6, 6.07) is 6.59. The number of ether oxygens (including phenoxy) is 1. The fourth-order valence-electron chi connectivity index (χ4n) is 3.58. The number of rotatable bonds is 7. The second kappa shape index (κ2) is 6.77. The SMILES string of the molecule is CCN(CC)C(C)(CC)C(NN)c1ccc2c(c1)CCO2. The van der Waals surface area contributed by atoms with E-state index in [-0.39, 0.29) is 11.6 Å². The molecule has 2 rings (SSSR count). The third-order valence-corrected chi connectivity index (χ3v) is 5.04. The van der Waals surface area contributed by atoms with Gasteiger partial charge in [0.05, 0.1) is 12.6 Å². The van der Waals surface area contributed by atoms with E-state index in [1.165, 1.54) is 11.1 Å². The molecule has 0 bridgehead atoms. The van der Waals surface area contributed by atoms with Gasteiger partial charge in [-0.2, -0.15) is 0 Å². The molecule has 0 radical (unpaired) electrons. The minimum absolute atomic E-state index is 0.00799. The molecule has 0 saturated heterocycles. The first-order valence-electron chi connectivity index (χ1n) is 8.07. The van der Waals surface area contributed by atoms with Crippen molar-refractivity contribution in [3.8, 4) is 5.75 Å². The third kappa shape index (κ3) is 2.93. The van der Waals surface area contributed by atoms with Crippen LogP contribution < -0.4 is 16.0 Å². The lowest BCUT2D eigenvalue weighted by atomic mass is 9.82. The Balaban J connectivity index is 2.37. The zero-order valence-corrected chi connectivity index (χ0v) is 13.8. The van der Waals surface area contributed by atoms with Crippen LogP contribution in [0.5, 0.6) is 5.75 Å². The van der Waals surface area contributed by atoms with Gasteiger partial charge in [-0.25, -0.2) is 0 Å². The first kappa shape index (κ1) is 16.3. The van der Waals surface area contributed by atoms with E-state index in [2.05, 4.69) is 56.2 Å². The van der Waals surface area contributed by atoms with Crippen LogP contribution >= 0.6 is 0 Å². The highest BCUT2D eigenvalue weighted by molar-refractivity contribution is 5.41. The van der Waals surface area contributed by atoms with Crippen molar-refractivity contribution in [1.29, 1.82) is 0 Å². The monoisotopic (exact) mass is 291 g/mol. The lowest BCUT2D eigenvalue weighted by Gasteiger charge is -2.45. The number of nitrogens with two attached hydrogens (primary N) is 1. The number of nitrogens with one attached hydrogen (secondary N) is 1. The Bertz CT molecular complexity index is 473. The van der Waals surface area contributed by atoms with Crippen molar-refractivity contribution in [2.24, 2.45) is 5.84 Å². The van der Waals surface area contributed by atoms with Crippen LogP contribution in [0.15, 0.2) is 18.2 Å². The molecule has 4 heteroatoms. The van der Waals surface area contributed by atoms with Crippen molar-refractivity contribution < 1.29 is 4.74 Å². The van der Waals surface area contributed by atoms with Gasteiger partial charge in [0.2, 0.25) is 0 Å². The first-order valence-corrected chi connectivity index (χ1v) is 8.07. The summed E-state index contributed by atoms with van der Waals surface area (Å²) in [7, 11) is 0. The number of hydrazine groups is 1. The largest absolute Gasteiger partial charge is 0.493 e. The summed E-state index contributed by atoms with van der Waals surface area (Å²) in [5.74, 6) is 6.97. The zero-order chi connectivity index (χ0) is 15.5. The molecule has 1 heterocycles. The summed E-state index contributed by atoms with van der Waals surface area (Å²) in [5.41, 5.74) is 5.60. The molecule has 3 N–H and O–H groups in total. The van der Waals surface area contributed by atoms with Gasteiger partial charge in [0, 0.05) is 12.0 Å². The Morgan fingerprint density at radius 3 is 2.62 bits per heavy atom. The van der Waals surface area contributed by atoms with E-state index >= 15 is 0 Å². The number of likely N-dealkylation sites (N-methyl/N-ethyl adjacent to an activating group) is 1. The summed E-state index contributed by atoms with van der Waals surface area (Å²) >= 11 is 0. The molecule has 4 nitrogen and oxygen atoms in total. The topological polar surface area (TPSA) is 50.5 Å². The summed E-state index contributed by atoms with van der Waals surface area (Å²) in [6.45, 7) is 11.8. The zero-order valence-electron chi connectivity index (χ0n) is 13.8. The maximum atomic E-state index is 5.95. The standard InChI is InChI=1S/C17H29N3O/c1-5-17(4,20(6-2)7-3)16(19-18)14-8-9-15-13(12-14)10-11-21-15/h8-9,12,16,19H,5-7,10-11,18H2,1-4H3. The van der Waals surface area contributed by atoms with Crippen molar-refractivity contribution in [2.75, 3.05) is 19.7 Å².